The van der Waals surface area contributed by atoms with E-state index in [9.17, 15) is 0 Å². The Morgan fingerprint density at radius 1 is 1.07 bits per heavy atom. The molecule has 14 heavy (non-hydrogen) atoms. The molecule has 0 spiro atoms. The summed E-state index contributed by atoms with van der Waals surface area (Å²) in [5.41, 5.74) is 1.35. The zero-order valence-corrected chi connectivity index (χ0v) is 8.56. The van der Waals surface area contributed by atoms with E-state index in [-0.39, 0.29) is 0 Å². The monoisotopic (exact) mass is 182 g/mol. The predicted octanol–water partition coefficient (Wildman–Crippen LogP) is 2.83. The Labute approximate surface area is 86.9 Å². The van der Waals surface area contributed by atoms with Crippen LogP contribution >= 0.6 is 0 Å². The molecule has 0 radical (unpaired) electrons. The van der Waals surface area contributed by atoms with E-state index in [1.54, 1.807) is 0 Å². The Morgan fingerprint density at radius 3 is 2.57 bits per heavy atom. The minimum absolute atomic E-state index is 1.00. The molecule has 1 aromatic rings. The van der Waals surface area contributed by atoms with E-state index < -0.39 is 0 Å². The number of benzene rings is 1. The predicted molar refractivity (Wildman–Crippen MR) is 65.9 cm³/mol. The van der Waals surface area contributed by atoms with Crippen molar-refractivity contribution in [2.24, 2.45) is 0 Å². The van der Waals surface area contributed by atoms with Crippen molar-refractivity contribution in [1.29, 1.82) is 0 Å². The van der Waals surface area contributed by atoms with Crippen LogP contribution in [-0.2, 0) is 6.32 Å². The van der Waals surface area contributed by atoms with Crippen LogP contribution in [0.5, 0.6) is 0 Å². The van der Waals surface area contributed by atoms with Crippen molar-refractivity contribution >= 4 is 12.9 Å². The van der Waals surface area contributed by atoms with Gasteiger partial charge >= 0.3 is 86.3 Å². The molecule has 0 aliphatic rings. The number of allylic oxidation sites excluding steroid dienone is 4. The first-order valence-corrected chi connectivity index (χ1v) is 4.92. The third-order valence-corrected chi connectivity index (χ3v) is 1.86. The number of hydrogen-bond donors (Lipinski definition) is 0. The molecule has 0 atom stereocenters. The molecule has 0 aliphatic heterocycles. The molecule has 0 saturated carbocycles. The van der Waals surface area contributed by atoms with Gasteiger partial charge in [-0.15, -0.1) is 0 Å². The van der Waals surface area contributed by atoms with Gasteiger partial charge in [-0.3, -0.25) is 0 Å². The third kappa shape index (κ3) is 4.61. The molecule has 0 nitrogen and oxygen atoms in total. The molecule has 1 aromatic carbocycles. The quantitative estimate of drug-likeness (QED) is 0.496. The molecular formula is C13H15B. The molecular weight excluding hydrogens is 167 g/mol. The van der Waals surface area contributed by atoms with E-state index in [2.05, 4.69) is 37.2 Å². The Balaban J connectivity index is 2.34. The average molecular weight is 182 g/mol. The fourth-order valence-electron chi connectivity index (χ4n) is 1.14. The van der Waals surface area contributed by atoms with E-state index in [4.69, 9.17) is 0 Å². The summed E-state index contributed by atoms with van der Waals surface area (Å²) in [5, 5.41) is 0. The molecule has 0 N–H and O–H groups in total. The molecule has 0 heterocycles. The van der Waals surface area contributed by atoms with Gasteiger partial charge in [-0.05, 0) is 0 Å². The Hall–Kier alpha value is -1.37. The van der Waals surface area contributed by atoms with Gasteiger partial charge in [0.05, 0.1) is 0 Å². The summed E-state index contributed by atoms with van der Waals surface area (Å²) in [6, 6.07) is 10.5. The van der Waals surface area contributed by atoms with Crippen molar-refractivity contribution in [3.05, 3.63) is 60.2 Å². The summed E-state index contributed by atoms with van der Waals surface area (Å²) in [4.78, 5) is 0. The van der Waals surface area contributed by atoms with Crippen molar-refractivity contribution < 1.29 is 0 Å². The molecule has 0 unspecified atom stereocenters. The molecule has 70 valence electrons. The van der Waals surface area contributed by atoms with E-state index >= 15 is 0 Å². The van der Waals surface area contributed by atoms with Gasteiger partial charge in [0.2, 0.25) is 0 Å². The minimum atomic E-state index is 1.00. The van der Waals surface area contributed by atoms with Crippen molar-refractivity contribution in [2.75, 3.05) is 0 Å². The van der Waals surface area contributed by atoms with Gasteiger partial charge in [-0.2, -0.15) is 0 Å². The van der Waals surface area contributed by atoms with Crippen LogP contribution in [0.15, 0.2) is 54.6 Å². The van der Waals surface area contributed by atoms with Crippen LogP contribution in [0, 0.1) is 0 Å². The summed E-state index contributed by atoms with van der Waals surface area (Å²) in [5.74, 6) is 2.08. The molecule has 1 heteroatoms. The molecule has 0 amide bonds. The van der Waals surface area contributed by atoms with Crippen molar-refractivity contribution in [3.8, 4) is 0 Å². The van der Waals surface area contributed by atoms with Crippen LogP contribution in [0.3, 0.4) is 0 Å². The first-order valence-electron chi connectivity index (χ1n) is 4.92. The molecule has 1 rings (SSSR count). The van der Waals surface area contributed by atoms with Crippen LogP contribution in [-0.4, -0.2) is 12.9 Å². The fraction of sp³-hybridized carbons (Fsp3) is 0.154. The fourth-order valence-corrected chi connectivity index (χ4v) is 1.14. The molecule has 0 fully saturated rings. The Morgan fingerprint density at radius 2 is 1.86 bits per heavy atom. The van der Waals surface area contributed by atoms with Gasteiger partial charge in [0.15, 0.2) is 0 Å². The van der Waals surface area contributed by atoms with Gasteiger partial charge in [0.25, 0.3) is 0 Å². The van der Waals surface area contributed by atoms with Gasteiger partial charge in [-0.25, -0.2) is 0 Å². The van der Waals surface area contributed by atoms with E-state index in [0.29, 0.717) is 0 Å². The van der Waals surface area contributed by atoms with Crippen molar-refractivity contribution in [2.45, 2.75) is 13.2 Å². The van der Waals surface area contributed by atoms with E-state index in [0.717, 1.165) is 6.32 Å². The first kappa shape index (κ1) is 10.7. The van der Waals surface area contributed by atoms with Crippen LogP contribution < -0.4 is 0 Å². The van der Waals surface area contributed by atoms with Gasteiger partial charge in [0, 0.05) is 0 Å². The van der Waals surface area contributed by atoms with Crippen LogP contribution in [0.1, 0.15) is 12.5 Å². The van der Waals surface area contributed by atoms with Gasteiger partial charge in [-0.1, -0.05) is 0 Å². The summed E-state index contributed by atoms with van der Waals surface area (Å²) < 4.78 is 0. The van der Waals surface area contributed by atoms with Gasteiger partial charge in [0.1, 0.15) is 0 Å². The topological polar surface area (TPSA) is 0 Å². The SMILES string of the molecule is C/C=C\C=C/C=BCc1ccccc1. The van der Waals surface area contributed by atoms with Crippen LogP contribution in [0.4, 0.5) is 0 Å². The standard InChI is InChI=1S/C13H15B/c1-2-3-4-8-11-14-12-13-9-6-5-7-10-13/h2-11H,12H2,1H3/b3-2-,8-4-. The van der Waals surface area contributed by atoms with Crippen LogP contribution in [0.25, 0.3) is 0 Å². The maximum absolute atomic E-state index is 2.16. The molecule has 0 aliphatic carbocycles. The van der Waals surface area contributed by atoms with Crippen molar-refractivity contribution in [1.82, 2.24) is 0 Å². The third-order valence-electron chi connectivity index (χ3n) is 1.86. The summed E-state index contributed by atoms with van der Waals surface area (Å²) in [6.45, 7) is 4.17. The van der Waals surface area contributed by atoms with E-state index in [1.807, 2.05) is 37.3 Å². The average Bonchev–Trinajstić information content (AvgIpc) is 2.25. The first-order chi connectivity index (χ1) is 6.93. The number of rotatable bonds is 4. The summed E-state index contributed by atoms with van der Waals surface area (Å²) in [6.07, 6.45) is 9.11. The zero-order valence-electron chi connectivity index (χ0n) is 8.56. The normalized spacial score (nSPS) is 11.5. The summed E-state index contributed by atoms with van der Waals surface area (Å²) >= 11 is 0. The second kappa shape index (κ2) is 7.08. The van der Waals surface area contributed by atoms with Crippen molar-refractivity contribution in [3.63, 3.8) is 0 Å². The zero-order chi connectivity index (χ0) is 10.1. The Bertz CT molecular complexity index is 320. The van der Waals surface area contributed by atoms with E-state index in [1.165, 1.54) is 5.56 Å². The van der Waals surface area contributed by atoms with Crippen LogP contribution in [0.2, 0.25) is 0 Å². The summed E-state index contributed by atoms with van der Waals surface area (Å²) in [7, 11) is 0. The Kier molecular flexibility index (Phi) is 5.42. The maximum atomic E-state index is 2.16. The second-order valence-electron chi connectivity index (χ2n) is 3.03. The number of hydrogen-bond acceptors (Lipinski definition) is 0. The second-order valence-corrected chi connectivity index (χ2v) is 3.03. The molecule has 0 bridgehead atoms. The molecule has 0 saturated heterocycles. The molecule has 0 aromatic heterocycles. The van der Waals surface area contributed by atoms with Gasteiger partial charge < -0.3 is 0 Å².